The van der Waals surface area contributed by atoms with E-state index in [0.717, 1.165) is 56.9 Å². The van der Waals surface area contributed by atoms with Gasteiger partial charge in [0.15, 0.2) is 0 Å². The van der Waals surface area contributed by atoms with Crippen LogP contribution in [0.15, 0.2) is 18.5 Å². The number of rotatable bonds is 4. The van der Waals surface area contributed by atoms with E-state index in [2.05, 4.69) is 28.6 Å². The number of nitrogens with zero attached hydrogens (tertiary/aromatic N) is 4. The summed E-state index contributed by atoms with van der Waals surface area (Å²) in [4.78, 5) is 24.0. The lowest BCUT2D eigenvalue weighted by Gasteiger charge is -2.37. The molecular weight excluding hydrogens is 300 g/mol. The Labute approximate surface area is 145 Å². The molecule has 1 aromatic heterocycles. The van der Waals surface area contributed by atoms with Gasteiger partial charge in [0.2, 0.25) is 0 Å². The molecule has 5 heteroatoms. The topological polar surface area (TPSA) is 39.7 Å². The van der Waals surface area contributed by atoms with Crippen LogP contribution in [0.5, 0.6) is 0 Å². The Bertz CT molecular complexity index is 546. The molecule has 0 N–H and O–H groups in total. The van der Waals surface area contributed by atoms with Crippen molar-refractivity contribution in [3.05, 3.63) is 29.6 Å². The first-order valence-electron chi connectivity index (χ1n) is 9.33. The number of piperidine rings is 1. The van der Waals surface area contributed by atoms with Crippen molar-refractivity contribution in [1.29, 1.82) is 0 Å². The van der Waals surface area contributed by atoms with E-state index in [0.29, 0.717) is 6.04 Å². The summed E-state index contributed by atoms with van der Waals surface area (Å²) in [5.41, 5.74) is 1.89. The summed E-state index contributed by atoms with van der Waals surface area (Å²) in [5, 5.41) is 0. The molecule has 0 bridgehead atoms. The standard InChI is InChI=1S/C19H30N4O/c1-16(2)22-8-10-23(11-9-22)19(24)18-12-17(13-20-14-18)15-21-6-4-3-5-7-21/h12-14,16H,3-11,15H2,1-2H3. The smallest absolute Gasteiger partial charge is 0.255 e. The van der Waals surface area contributed by atoms with Crippen LogP contribution >= 0.6 is 0 Å². The Morgan fingerprint density at radius 1 is 1.04 bits per heavy atom. The molecule has 0 spiro atoms. The van der Waals surface area contributed by atoms with Crippen LogP contribution in [-0.4, -0.2) is 70.9 Å². The fraction of sp³-hybridized carbons (Fsp3) is 0.684. The molecule has 0 radical (unpaired) electrons. The summed E-state index contributed by atoms with van der Waals surface area (Å²) >= 11 is 0. The largest absolute Gasteiger partial charge is 0.336 e. The van der Waals surface area contributed by atoms with Crippen LogP contribution in [0.4, 0.5) is 0 Å². The maximum Gasteiger partial charge on any atom is 0.255 e. The molecule has 2 saturated heterocycles. The van der Waals surface area contributed by atoms with Crippen LogP contribution in [0.1, 0.15) is 49.0 Å². The molecule has 1 amide bonds. The highest BCUT2D eigenvalue weighted by Crippen LogP contribution is 2.15. The maximum absolute atomic E-state index is 12.8. The second-order valence-corrected chi connectivity index (χ2v) is 7.34. The van der Waals surface area contributed by atoms with E-state index >= 15 is 0 Å². The third kappa shape index (κ3) is 4.33. The maximum atomic E-state index is 12.8. The first-order valence-corrected chi connectivity index (χ1v) is 9.33. The Balaban J connectivity index is 1.60. The number of carbonyl (C=O) groups excluding carboxylic acids is 1. The summed E-state index contributed by atoms with van der Waals surface area (Å²) in [6, 6.07) is 2.59. The Morgan fingerprint density at radius 3 is 2.42 bits per heavy atom. The lowest BCUT2D eigenvalue weighted by Crippen LogP contribution is -2.50. The van der Waals surface area contributed by atoms with Crippen LogP contribution in [0.3, 0.4) is 0 Å². The van der Waals surface area contributed by atoms with Crippen molar-refractivity contribution in [2.45, 2.75) is 45.7 Å². The molecule has 0 aromatic carbocycles. The highest BCUT2D eigenvalue weighted by molar-refractivity contribution is 5.94. The minimum atomic E-state index is 0.131. The highest BCUT2D eigenvalue weighted by Gasteiger charge is 2.23. The van der Waals surface area contributed by atoms with Gasteiger partial charge in [0.1, 0.15) is 0 Å². The van der Waals surface area contributed by atoms with E-state index in [1.54, 1.807) is 6.20 Å². The fourth-order valence-corrected chi connectivity index (χ4v) is 3.69. The normalized spacial score (nSPS) is 20.5. The van der Waals surface area contributed by atoms with Gasteiger partial charge in [-0.25, -0.2) is 0 Å². The molecule has 132 valence electrons. The lowest BCUT2D eigenvalue weighted by molar-refractivity contribution is 0.0595. The third-order valence-electron chi connectivity index (χ3n) is 5.23. The average molecular weight is 330 g/mol. The second-order valence-electron chi connectivity index (χ2n) is 7.34. The molecule has 2 aliphatic heterocycles. The average Bonchev–Trinajstić information content (AvgIpc) is 2.62. The monoisotopic (exact) mass is 330 g/mol. The number of hydrogen-bond donors (Lipinski definition) is 0. The molecule has 0 aliphatic carbocycles. The summed E-state index contributed by atoms with van der Waals surface area (Å²) < 4.78 is 0. The van der Waals surface area contributed by atoms with Crippen molar-refractivity contribution in [1.82, 2.24) is 19.7 Å². The number of pyridine rings is 1. The molecule has 0 atom stereocenters. The molecule has 0 unspecified atom stereocenters. The van der Waals surface area contributed by atoms with Gasteiger partial charge in [-0.1, -0.05) is 6.42 Å². The summed E-state index contributed by atoms with van der Waals surface area (Å²) in [6.45, 7) is 11.2. The van der Waals surface area contributed by atoms with Crippen LogP contribution in [0.25, 0.3) is 0 Å². The first kappa shape index (κ1) is 17.4. The van der Waals surface area contributed by atoms with Gasteiger partial charge in [-0.2, -0.15) is 0 Å². The van der Waals surface area contributed by atoms with Gasteiger partial charge in [-0.15, -0.1) is 0 Å². The Hall–Kier alpha value is -1.46. The minimum absolute atomic E-state index is 0.131. The molecule has 5 nitrogen and oxygen atoms in total. The van der Waals surface area contributed by atoms with E-state index in [-0.39, 0.29) is 5.91 Å². The number of piperazine rings is 1. The van der Waals surface area contributed by atoms with Gasteiger partial charge < -0.3 is 4.90 Å². The van der Waals surface area contributed by atoms with Crippen molar-refractivity contribution < 1.29 is 4.79 Å². The molecular formula is C19H30N4O. The van der Waals surface area contributed by atoms with E-state index in [1.165, 1.54) is 19.3 Å². The van der Waals surface area contributed by atoms with Gasteiger partial charge in [0.25, 0.3) is 5.91 Å². The molecule has 2 fully saturated rings. The van der Waals surface area contributed by atoms with Gasteiger partial charge in [-0.05, 0) is 51.4 Å². The lowest BCUT2D eigenvalue weighted by atomic mass is 10.1. The van der Waals surface area contributed by atoms with Gasteiger partial charge in [0, 0.05) is 51.2 Å². The zero-order valence-corrected chi connectivity index (χ0v) is 15.1. The van der Waals surface area contributed by atoms with Crippen molar-refractivity contribution in [2.75, 3.05) is 39.3 Å². The summed E-state index contributed by atoms with van der Waals surface area (Å²) in [5.74, 6) is 0.131. The molecule has 3 rings (SSSR count). The third-order valence-corrected chi connectivity index (χ3v) is 5.23. The molecule has 1 aromatic rings. The van der Waals surface area contributed by atoms with E-state index in [4.69, 9.17) is 0 Å². The van der Waals surface area contributed by atoms with Crippen LogP contribution in [-0.2, 0) is 6.54 Å². The van der Waals surface area contributed by atoms with Crippen molar-refractivity contribution in [2.24, 2.45) is 0 Å². The van der Waals surface area contributed by atoms with Gasteiger partial charge >= 0.3 is 0 Å². The number of aromatic nitrogens is 1. The zero-order valence-electron chi connectivity index (χ0n) is 15.1. The van der Waals surface area contributed by atoms with Crippen molar-refractivity contribution in [3.63, 3.8) is 0 Å². The van der Waals surface area contributed by atoms with Crippen LogP contribution < -0.4 is 0 Å². The molecule has 3 heterocycles. The highest BCUT2D eigenvalue weighted by atomic mass is 16.2. The summed E-state index contributed by atoms with van der Waals surface area (Å²) in [7, 11) is 0. The molecule has 2 aliphatic rings. The minimum Gasteiger partial charge on any atom is -0.336 e. The predicted molar refractivity (Wildman–Crippen MR) is 96.0 cm³/mol. The SMILES string of the molecule is CC(C)N1CCN(C(=O)c2cncc(CN3CCCCC3)c2)CC1. The number of likely N-dealkylation sites (tertiary alicyclic amines) is 1. The van der Waals surface area contributed by atoms with E-state index in [9.17, 15) is 4.79 Å². The van der Waals surface area contributed by atoms with Gasteiger partial charge in [0.05, 0.1) is 5.56 Å². The zero-order chi connectivity index (χ0) is 16.9. The van der Waals surface area contributed by atoms with Crippen LogP contribution in [0, 0.1) is 0 Å². The van der Waals surface area contributed by atoms with Crippen molar-refractivity contribution >= 4 is 5.91 Å². The number of carbonyl (C=O) groups is 1. The predicted octanol–water partition coefficient (Wildman–Crippen LogP) is 2.23. The second kappa shape index (κ2) is 8.08. The first-order chi connectivity index (χ1) is 11.6. The summed E-state index contributed by atoms with van der Waals surface area (Å²) in [6.07, 6.45) is 7.53. The van der Waals surface area contributed by atoms with E-state index in [1.807, 2.05) is 17.2 Å². The van der Waals surface area contributed by atoms with Gasteiger partial charge in [-0.3, -0.25) is 19.6 Å². The van der Waals surface area contributed by atoms with Crippen molar-refractivity contribution in [3.8, 4) is 0 Å². The van der Waals surface area contributed by atoms with Crippen LogP contribution in [0.2, 0.25) is 0 Å². The van der Waals surface area contributed by atoms with E-state index < -0.39 is 0 Å². The number of hydrogen-bond acceptors (Lipinski definition) is 4. The number of amides is 1. The molecule has 0 saturated carbocycles. The Morgan fingerprint density at radius 2 is 1.75 bits per heavy atom. The fourth-order valence-electron chi connectivity index (χ4n) is 3.69. The quantitative estimate of drug-likeness (QED) is 0.849. The molecule has 24 heavy (non-hydrogen) atoms. The Kier molecular flexibility index (Phi) is 5.85.